The Morgan fingerprint density at radius 3 is 2.30 bits per heavy atom. The van der Waals surface area contributed by atoms with Crippen molar-refractivity contribution < 1.29 is 18.7 Å². The normalized spacial score (nSPS) is 18.0. The van der Waals surface area contributed by atoms with Gasteiger partial charge in [0.25, 0.3) is 11.8 Å². The molecule has 2 aliphatic rings. The molecule has 2 fully saturated rings. The number of carbonyl (C=O) groups is 2. The minimum absolute atomic E-state index is 0.0812. The van der Waals surface area contributed by atoms with E-state index in [0.29, 0.717) is 56.7 Å². The highest BCUT2D eigenvalue weighted by Crippen LogP contribution is 2.30. The molecule has 7 nitrogen and oxygen atoms in total. The average molecular weight is 412 g/mol. The number of nitrogens with zero attached hydrogens (tertiary/aromatic N) is 3. The molecule has 0 N–H and O–H groups in total. The summed E-state index contributed by atoms with van der Waals surface area (Å²) in [4.78, 5) is 33.9. The van der Waals surface area contributed by atoms with Gasteiger partial charge in [0.15, 0.2) is 11.6 Å². The molecule has 0 saturated carbocycles. The Morgan fingerprint density at radius 2 is 1.63 bits per heavy atom. The zero-order valence-electron chi connectivity index (χ0n) is 17.9. The van der Waals surface area contributed by atoms with Crippen LogP contribution in [0.3, 0.4) is 0 Å². The summed E-state index contributed by atoms with van der Waals surface area (Å²) in [6, 6.07) is 5.94. The first kappa shape index (κ1) is 20.6. The van der Waals surface area contributed by atoms with E-state index in [1.165, 1.54) is 0 Å². The number of likely N-dealkylation sites (tertiary alicyclic amines) is 1. The van der Waals surface area contributed by atoms with Crippen LogP contribution in [0, 0.1) is 20.8 Å². The summed E-state index contributed by atoms with van der Waals surface area (Å²) < 4.78 is 11.2. The van der Waals surface area contributed by atoms with Crippen LogP contribution in [0.1, 0.15) is 62.4 Å². The van der Waals surface area contributed by atoms with Crippen LogP contribution in [-0.2, 0) is 4.74 Å². The second-order valence-electron chi connectivity index (χ2n) is 8.25. The van der Waals surface area contributed by atoms with Gasteiger partial charge in [-0.25, -0.2) is 4.98 Å². The van der Waals surface area contributed by atoms with E-state index in [-0.39, 0.29) is 17.7 Å². The molecule has 1 aromatic carbocycles. The summed E-state index contributed by atoms with van der Waals surface area (Å²) >= 11 is 0. The Labute approximate surface area is 177 Å². The molecule has 2 aromatic rings. The van der Waals surface area contributed by atoms with Gasteiger partial charge in [-0.05, 0) is 45.2 Å². The molecule has 0 unspecified atom stereocenters. The fourth-order valence-electron chi connectivity index (χ4n) is 4.26. The molecule has 7 heteroatoms. The molecule has 2 amide bonds. The van der Waals surface area contributed by atoms with Gasteiger partial charge in [-0.15, -0.1) is 0 Å². The van der Waals surface area contributed by atoms with Crippen LogP contribution >= 0.6 is 0 Å². The van der Waals surface area contributed by atoms with Crippen LogP contribution in [0.15, 0.2) is 22.6 Å². The van der Waals surface area contributed by atoms with E-state index >= 15 is 0 Å². The van der Waals surface area contributed by atoms with E-state index in [4.69, 9.17) is 9.15 Å². The van der Waals surface area contributed by atoms with Gasteiger partial charge in [0.1, 0.15) is 5.76 Å². The van der Waals surface area contributed by atoms with Crippen molar-refractivity contribution in [1.29, 1.82) is 0 Å². The van der Waals surface area contributed by atoms with Gasteiger partial charge in [-0.1, -0.05) is 17.7 Å². The summed E-state index contributed by atoms with van der Waals surface area (Å²) in [5.74, 6) is 1.29. The number of benzene rings is 1. The molecule has 160 valence electrons. The third-order valence-electron chi connectivity index (χ3n) is 6.06. The standard InChI is InChI=1S/C23H29N3O4/c1-15-4-5-19(16(2)14-15)22(27)25-8-6-18(7-9-25)21-24-20(17(3)30-21)23(28)26-10-12-29-13-11-26/h4-5,14,18H,6-13H2,1-3H3. The van der Waals surface area contributed by atoms with Crippen LogP contribution in [0.25, 0.3) is 0 Å². The quantitative estimate of drug-likeness (QED) is 0.776. The second-order valence-corrected chi connectivity index (χ2v) is 8.25. The molecule has 30 heavy (non-hydrogen) atoms. The van der Waals surface area contributed by atoms with E-state index in [2.05, 4.69) is 4.98 Å². The van der Waals surface area contributed by atoms with Crippen molar-refractivity contribution in [3.63, 3.8) is 0 Å². The lowest BCUT2D eigenvalue weighted by atomic mass is 9.95. The van der Waals surface area contributed by atoms with E-state index in [1.54, 1.807) is 11.8 Å². The van der Waals surface area contributed by atoms with Crippen molar-refractivity contribution in [2.24, 2.45) is 0 Å². The lowest BCUT2D eigenvalue weighted by Crippen LogP contribution is -2.41. The highest BCUT2D eigenvalue weighted by Gasteiger charge is 2.31. The molecule has 0 radical (unpaired) electrons. The van der Waals surface area contributed by atoms with Gasteiger partial charge in [-0.3, -0.25) is 9.59 Å². The lowest BCUT2D eigenvalue weighted by Gasteiger charge is -2.31. The van der Waals surface area contributed by atoms with Crippen molar-refractivity contribution in [1.82, 2.24) is 14.8 Å². The molecule has 1 aromatic heterocycles. The van der Waals surface area contributed by atoms with E-state index < -0.39 is 0 Å². The van der Waals surface area contributed by atoms with Crippen molar-refractivity contribution >= 4 is 11.8 Å². The maximum atomic E-state index is 12.9. The number of aryl methyl sites for hydroxylation is 3. The summed E-state index contributed by atoms with van der Waals surface area (Å²) in [5, 5.41) is 0. The SMILES string of the molecule is Cc1ccc(C(=O)N2CCC(c3nc(C(=O)N4CCOCC4)c(C)o3)CC2)c(C)c1. The molecule has 0 spiro atoms. The Balaban J connectivity index is 1.40. The number of hydrogen-bond donors (Lipinski definition) is 0. The number of ether oxygens (including phenoxy) is 1. The van der Waals surface area contributed by atoms with Gasteiger partial charge in [-0.2, -0.15) is 0 Å². The fourth-order valence-corrected chi connectivity index (χ4v) is 4.26. The minimum Gasteiger partial charge on any atom is -0.445 e. The highest BCUT2D eigenvalue weighted by atomic mass is 16.5. The third kappa shape index (κ3) is 4.12. The zero-order chi connectivity index (χ0) is 21.3. The second kappa shape index (κ2) is 8.60. The number of oxazole rings is 1. The minimum atomic E-state index is -0.0896. The average Bonchev–Trinajstić information content (AvgIpc) is 3.15. The molecule has 2 saturated heterocycles. The number of rotatable bonds is 3. The number of piperidine rings is 1. The van der Waals surface area contributed by atoms with Gasteiger partial charge < -0.3 is 19.0 Å². The molecule has 0 aliphatic carbocycles. The summed E-state index contributed by atoms with van der Waals surface area (Å²) in [6.07, 6.45) is 1.56. The van der Waals surface area contributed by atoms with Crippen LogP contribution in [0.2, 0.25) is 0 Å². The zero-order valence-corrected chi connectivity index (χ0v) is 17.9. The fraction of sp³-hybridized carbons (Fsp3) is 0.522. The van der Waals surface area contributed by atoms with Gasteiger partial charge in [0, 0.05) is 37.7 Å². The van der Waals surface area contributed by atoms with Crippen molar-refractivity contribution in [2.45, 2.75) is 39.5 Å². The number of morpholine rings is 1. The Morgan fingerprint density at radius 1 is 0.967 bits per heavy atom. The predicted octanol–water partition coefficient (Wildman–Crippen LogP) is 3.09. The first-order chi connectivity index (χ1) is 14.4. The van der Waals surface area contributed by atoms with Gasteiger partial charge in [0.05, 0.1) is 13.2 Å². The Hall–Kier alpha value is -2.67. The molecule has 3 heterocycles. The largest absolute Gasteiger partial charge is 0.445 e. The number of carbonyl (C=O) groups excluding carboxylic acids is 2. The van der Waals surface area contributed by atoms with E-state index in [9.17, 15) is 9.59 Å². The molecular formula is C23H29N3O4. The van der Waals surface area contributed by atoms with Crippen molar-refractivity contribution in [3.8, 4) is 0 Å². The number of aromatic nitrogens is 1. The summed E-state index contributed by atoms with van der Waals surface area (Å²) in [6.45, 7) is 9.40. The Bertz CT molecular complexity index is 938. The smallest absolute Gasteiger partial charge is 0.276 e. The van der Waals surface area contributed by atoms with Crippen LogP contribution in [0.5, 0.6) is 0 Å². The maximum absolute atomic E-state index is 12.9. The third-order valence-corrected chi connectivity index (χ3v) is 6.06. The van der Waals surface area contributed by atoms with Crippen molar-refractivity contribution in [3.05, 3.63) is 52.2 Å². The van der Waals surface area contributed by atoms with Gasteiger partial charge in [0.2, 0.25) is 0 Å². The summed E-state index contributed by atoms with van der Waals surface area (Å²) in [5.41, 5.74) is 3.34. The first-order valence-corrected chi connectivity index (χ1v) is 10.6. The predicted molar refractivity (Wildman–Crippen MR) is 112 cm³/mol. The van der Waals surface area contributed by atoms with E-state index in [1.807, 2.05) is 36.9 Å². The van der Waals surface area contributed by atoms with Crippen LogP contribution in [0.4, 0.5) is 0 Å². The number of amides is 2. The lowest BCUT2D eigenvalue weighted by molar-refractivity contribution is 0.0298. The maximum Gasteiger partial charge on any atom is 0.276 e. The number of hydrogen-bond acceptors (Lipinski definition) is 5. The summed E-state index contributed by atoms with van der Waals surface area (Å²) in [7, 11) is 0. The topological polar surface area (TPSA) is 75.9 Å². The molecule has 4 rings (SSSR count). The van der Waals surface area contributed by atoms with Crippen molar-refractivity contribution in [2.75, 3.05) is 39.4 Å². The molecular weight excluding hydrogens is 382 g/mol. The highest BCUT2D eigenvalue weighted by molar-refractivity contribution is 5.96. The van der Waals surface area contributed by atoms with Crippen LogP contribution < -0.4 is 0 Å². The Kier molecular flexibility index (Phi) is 5.90. The molecule has 2 aliphatic heterocycles. The monoisotopic (exact) mass is 411 g/mol. The molecule has 0 bridgehead atoms. The van der Waals surface area contributed by atoms with Gasteiger partial charge >= 0.3 is 0 Å². The van der Waals surface area contributed by atoms with E-state index in [0.717, 1.165) is 29.5 Å². The first-order valence-electron chi connectivity index (χ1n) is 10.6. The van der Waals surface area contributed by atoms with Crippen LogP contribution in [-0.4, -0.2) is 66.0 Å². The molecule has 0 atom stereocenters.